The number of halogens is 1. The van der Waals surface area contributed by atoms with Gasteiger partial charge >= 0.3 is 12.1 Å². The van der Waals surface area contributed by atoms with E-state index >= 15 is 0 Å². The molecule has 0 radical (unpaired) electrons. The van der Waals surface area contributed by atoms with Gasteiger partial charge in [0.2, 0.25) is 0 Å². The van der Waals surface area contributed by atoms with Crippen molar-refractivity contribution in [3.8, 4) is 5.75 Å². The van der Waals surface area contributed by atoms with E-state index in [1.165, 1.54) is 0 Å². The highest BCUT2D eigenvalue weighted by atomic mass is 35.5. The summed E-state index contributed by atoms with van der Waals surface area (Å²) in [5, 5.41) is 11.5. The lowest BCUT2D eigenvalue weighted by atomic mass is 9.88. The molecule has 1 aliphatic heterocycles. The fourth-order valence-electron chi connectivity index (χ4n) is 5.35. The Hall–Kier alpha value is -2.84. The molecule has 2 heterocycles. The Bertz CT molecular complexity index is 1450. The molecule has 2 aromatic carbocycles. The van der Waals surface area contributed by atoms with Gasteiger partial charge in [-0.3, -0.25) is 4.79 Å². The van der Waals surface area contributed by atoms with Gasteiger partial charge in [-0.25, -0.2) is 4.79 Å². The van der Waals surface area contributed by atoms with Gasteiger partial charge in [0.1, 0.15) is 17.5 Å². The highest BCUT2D eigenvalue weighted by Crippen LogP contribution is 2.42. The number of H-pyrrole nitrogens is 1. The third-order valence-corrected chi connectivity index (χ3v) is 8.93. The molecule has 0 saturated carbocycles. The van der Waals surface area contributed by atoms with E-state index in [1.54, 1.807) is 25.6 Å². The Morgan fingerprint density at radius 2 is 1.74 bits per heavy atom. The summed E-state index contributed by atoms with van der Waals surface area (Å²) in [5.74, 6) is -0.140. The first-order valence-electron chi connectivity index (χ1n) is 14.9. The van der Waals surface area contributed by atoms with Gasteiger partial charge in [-0.05, 0) is 83.4 Å². The van der Waals surface area contributed by atoms with Crippen molar-refractivity contribution in [1.29, 1.82) is 0 Å². The highest BCUT2D eigenvalue weighted by molar-refractivity contribution is 8.00. The van der Waals surface area contributed by atoms with Crippen molar-refractivity contribution in [2.45, 2.75) is 108 Å². The Morgan fingerprint density at radius 3 is 2.35 bits per heavy atom. The summed E-state index contributed by atoms with van der Waals surface area (Å²) >= 11 is 7.89. The standard InChI is InChI=1S/C34H45ClN2O5S/c1-32(2,3)42-31(40)37-17-9-10-27(37)28(18-21-11-13-22(35)14-12-21)41-23-15-16-25-24(19-23)29(43-33(4,5)6)26(36-25)20-34(7,8)30(38)39/h11-16,19,27-28,36H,9-10,17-18,20H2,1-8H3,(H,38,39)/t27-,28?/m0/s1. The van der Waals surface area contributed by atoms with Crippen LogP contribution in [-0.2, 0) is 22.4 Å². The fourth-order valence-corrected chi connectivity index (χ4v) is 6.61. The van der Waals surface area contributed by atoms with Gasteiger partial charge in [0.15, 0.2) is 0 Å². The van der Waals surface area contributed by atoms with Gasteiger partial charge in [-0.15, -0.1) is 11.8 Å². The number of hydrogen-bond donors (Lipinski definition) is 2. The van der Waals surface area contributed by atoms with Crippen LogP contribution in [0.4, 0.5) is 4.79 Å². The number of carboxylic acid groups (broad SMARTS) is 1. The number of carboxylic acids is 1. The van der Waals surface area contributed by atoms with Gasteiger partial charge in [-0.1, -0.05) is 44.5 Å². The number of nitrogens with zero attached hydrogens (tertiary/aromatic N) is 1. The molecule has 43 heavy (non-hydrogen) atoms. The van der Waals surface area contributed by atoms with E-state index < -0.39 is 17.0 Å². The fraction of sp³-hybridized carbons (Fsp3) is 0.529. The Morgan fingerprint density at radius 1 is 1.07 bits per heavy atom. The lowest BCUT2D eigenvalue weighted by Crippen LogP contribution is -2.47. The summed E-state index contributed by atoms with van der Waals surface area (Å²) in [6.07, 6.45) is 2.00. The lowest BCUT2D eigenvalue weighted by molar-refractivity contribution is -0.146. The summed E-state index contributed by atoms with van der Waals surface area (Å²) in [5.41, 5.74) is 1.38. The quantitative estimate of drug-likeness (QED) is 0.230. The van der Waals surface area contributed by atoms with Crippen LogP contribution in [0.5, 0.6) is 5.75 Å². The van der Waals surface area contributed by atoms with Crippen LogP contribution < -0.4 is 4.74 Å². The number of ether oxygens (including phenoxy) is 2. The van der Waals surface area contributed by atoms with Crippen molar-refractivity contribution in [2.75, 3.05) is 6.54 Å². The molecule has 0 aliphatic carbocycles. The maximum atomic E-state index is 13.2. The smallest absolute Gasteiger partial charge is 0.410 e. The predicted molar refractivity (Wildman–Crippen MR) is 175 cm³/mol. The topological polar surface area (TPSA) is 91.9 Å². The Labute approximate surface area is 264 Å². The molecule has 1 aromatic heterocycles. The van der Waals surface area contributed by atoms with Crippen molar-refractivity contribution in [3.63, 3.8) is 0 Å². The van der Waals surface area contributed by atoms with Crippen LogP contribution in [0.3, 0.4) is 0 Å². The van der Waals surface area contributed by atoms with Crippen LogP contribution in [0.15, 0.2) is 47.4 Å². The maximum Gasteiger partial charge on any atom is 0.410 e. The van der Waals surface area contributed by atoms with E-state index in [4.69, 9.17) is 21.1 Å². The summed E-state index contributed by atoms with van der Waals surface area (Å²) in [7, 11) is 0. The van der Waals surface area contributed by atoms with Crippen molar-refractivity contribution in [3.05, 3.63) is 58.7 Å². The molecule has 0 bridgehead atoms. The number of nitrogens with one attached hydrogen (secondary N) is 1. The van der Waals surface area contributed by atoms with Crippen LogP contribution in [0.2, 0.25) is 5.02 Å². The largest absolute Gasteiger partial charge is 0.488 e. The first kappa shape index (κ1) is 33.1. The normalized spacial score (nSPS) is 16.9. The monoisotopic (exact) mass is 628 g/mol. The number of carbonyl (C=O) groups is 2. The molecule has 9 heteroatoms. The maximum absolute atomic E-state index is 13.2. The second-order valence-electron chi connectivity index (χ2n) is 14.1. The average Bonchev–Trinajstić information content (AvgIpc) is 3.48. The third-order valence-electron chi connectivity index (χ3n) is 7.40. The van der Waals surface area contributed by atoms with Gasteiger partial charge in [-0.2, -0.15) is 0 Å². The van der Waals surface area contributed by atoms with E-state index in [1.807, 2.05) is 68.1 Å². The molecule has 7 nitrogen and oxygen atoms in total. The molecule has 1 saturated heterocycles. The SMILES string of the molecule is CC(C)(C)OC(=O)N1CCC[C@H]1C(Cc1ccc(Cl)cc1)Oc1ccc2[nH]c(CC(C)(C)C(=O)O)c(SC(C)(C)C)c2c1. The van der Waals surface area contributed by atoms with Crippen LogP contribution in [-0.4, -0.2) is 56.1 Å². The molecule has 234 valence electrons. The zero-order valence-corrected chi connectivity index (χ0v) is 28.1. The zero-order valence-electron chi connectivity index (χ0n) is 26.5. The number of aromatic amines is 1. The summed E-state index contributed by atoms with van der Waals surface area (Å²) < 4.78 is 12.5. The lowest BCUT2D eigenvalue weighted by Gasteiger charge is -2.33. The molecule has 2 atom stereocenters. The number of carbonyl (C=O) groups excluding carboxylic acids is 1. The summed E-state index contributed by atoms with van der Waals surface area (Å²) in [4.78, 5) is 31.5. The molecule has 0 spiro atoms. The highest BCUT2D eigenvalue weighted by Gasteiger charge is 2.38. The van der Waals surface area contributed by atoms with Crippen LogP contribution in [0.1, 0.15) is 79.5 Å². The zero-order chi connectivity index (χ0) is 31.7. The third kappa shape index (κ3) is 8.63. The molecule has 2 N–H and O–H groups in total. The number of rotatable bonds is 9. The van der Waals surface area contributed by atoms with Crippen molar-refractivity contribution >= 4 is 46.3 Å². The van der Waals surface area contributed by atoms with Crippen LogP contribution in [0.25, 0.3) is 10.9 Å². The minimum atomic E-state index is -0.926. The van der Waals surface area contributed by atoms with Crippen molar-refractivity contribution < 1.29 is 24.2 Å². The molecule has 1 aliphatic rings. The molecular formula is C34H45ClN2O5S. The van der Waals surface area contributed by atoms with Gasteiger partial charge in [0, 0.05) is 50.6 Å². The van der Waals surface area contributed by atoms with E-state index in [9.17, 15) is 14.7 Å². The second-order valence-corrected chi connectivity index (χ2v) is 16.4. The number of thioether (sulfide) groups is 1. The van der Waals surface area contributed by atoms with Crippen LogP contribution >= 0.6 is 23.4 Å². The molecule has 4 rings (SSSR count). The minimum absolute atomic E-state index is 0.0943. The number of benzene rings is 2. The van der Waals surface area contributed by atoms with E-state index in [0.29, 0.717) is 30.2 Å². The molecule has 1 fully saturated rings. The van der Waals surface area contributed by atoms with Gasteiger partial charge in [0.25, 0.3) is 0 Å². The van der Waals surface area contributed by atoms with Gasteiger partial charge in [0.05, 0.1) is 11.5 Å². The first-order valence-corrected chi connectivity index (χ1v) is 16.1. The Kier molecular flexibility index (Phi) is 9.72. The molecule has 1 unspecified atom stereocenters. The predicted octanol–water partition coefficient (Wildman–Crippen LogP) is 8.75. The number of likely N-dealkylation sites (tertiary alicyclic amines) is 1. The van der Waals surface area contributed by atoms with Gasteiger partial charge < -0.3 is 24.5 Å². The summed E-state index contributed by atoms with van der Waals surface area (Å²) in [6, 6.07) is 13.5. The number of aromatic nitrogens is 1. The molecule has 3 aromatic rings. The van der Waals surface area contributed by atoms with E-state index in [0.717, 1.165) is 39.9 Å². The number of fused-ring (bicyclic) bond motifs is 1. The van der Waals surface area contributed by atoms with E-state index in [-0.39, 0.29) is 23.0 Å². The number of hydrogen-bond acceptors (Lipinski definition) is 5. The summed E-state index contributed by atoms with van der Waals surface area (Å²) in [6.45, 7) is 16.2. The Balaban J connectivity index is 1.72. The van der Waals surface area contributed by atoms with Crippen molar-refractivity contribution in [1.82, 2.24) is 9.88 Å². The minimum Gasteiger partial charge on any atom is -0.488 e. The number of amides is 1. The van der Waals surface area contributed by atoms with Crippen LogP contribution in [0, 0.1) is 5.41 Å². The number of aliphatic carboxylic acids is 1. The van der Waals surface area contributed by atoms with E-state index in [2.05, 4.69) is 25.8 Å². The molecular weight excluding hydrogens is 584 g/mol. The molecule has 1 amide bonds. The first-order chi connectivity index (χ1) is 19.9. The van der Waals surface area contributed by atoms with Crippen molar-refractivity contribution in [2.24, 2.45) is 5.41 Å². The second kappa shape index (κ2) is 12.6. The average molecular weight is 629 g/mol.